The molecule has 0 spiro atoms. The average Bonchev–Trinajstić information content (AvgIpc) is 2.74. The molecule has 35 heavy (non-hydrogen) atoms. The summed E-state index contributed by atoms with van der Waals surface area (Å²) in [6.45, 7) is -0.255. The fourth-order valence-corrected chi connectivity index (χ4v) is 3.16. The Balaban J connectivity index is 2.36. The van der Waals surface area contributed by atoms with Crippen LogP contribution in [0.3, 0.4) is 0 Å². The third kappa shape index (κ3) is 7.03. The van der Waals surface area contributed by atoms with E-state index in [0.29, 0.717) is 30.7 Å². The van der Waals surface area contributed by atoms with E-state index in [2.05, 4.69) is 5.32 Å². The standard InChI is InChI=1S/C22H21F9N2O2/c1-2-4-18(34)32-11-13-7-8-16(10-17(13)21(26,27)28)33-12-19(35,22(29,30)31)14-5-3-6-15(9-14)20(23,24)25/h3,5-10,33,35H,2,4,11-12H2,1H3,(H,32,34)/t19-/m1/s1. The van der Waals surface area contributed by atoms with Gasteiger partial charge in [-0.05, 0) is 41.8 Å². The highest BCUT2D eigenvalue weighted by molar-refractivity contribution is 5.75. The lowest BCUT2D eigenvalue weighted by atomic mass is 9.91. The SMILES string of the molecule is CCCC(=O)NCc1ccc(NC[C@@](O)(c2cccc(C(F)(F)F)c2)C(F)(F)F)cc1C(F)(F)F. The summed E-state index contributed by atoms with van der Waals surface area (Å²) in [7, 11) is 0. The van der Waals surface area contributed by atoms with Gasteiger partial charge in [-0.3, -0.25) is 4.79 Å². The molecule has 0 fully saturated rings. The highest BCUT2D eigenvalue weighted by atomic mass is 19.4. The Morgan fingerprint density at radius 3 is 2.06 bits per heavy atom. The second kappa shape index (κ2) is 10.3. The molecule has 0 saturated heterocycles. The zero-order chi connectivity index (χ0) is 26.7. The average molecular weight is 516 g/mol. The fourth-order valence-electron chi connectivity index (χ4n) is 3.16. The van der Waals surface area contributed by atoms with Gasteiger partial charge in [0.15, 0.2) is 0 Å². The number of halogens is 9. The lowest BCUT2D eigenvalue weighted by Crippen LogP contribution is -2.48. The number of benzene rings is 2. The Labute approximate surface area is 194 Å². The van der Waals surface area contributed by atoms with Crippen molar-refractivity contribution in [3.63, 3.8) is 0 Å². The van der Waals surface area contributed by atoms with Crippen LogP contribution < -0.4 is 10.6 Å². The van der Waals surface area contributed by atoms with Gasteiger partial charge in [-0.2, -0.15) is 39.5 Å². The van der Waals surface area contributed by atoms with Crippen LogP contribution >= 0.6 is 0 Å². The molecule has 2 rings (SSSR count). The van der Waals surface area contributed by atoms with Crippen molar-refractivity contribution in [2.75, 3.05) is 11.9 Å². The molecule has 2 aromatic rings. The van der Waals surface area contributed by atoms with Crippen molar-refractivity contribution in [1.82, 2.24) is 5.32 Å². The number of rotatable bonds is 8. The number of hydrogen-bond acceptors (Lipinski definition) is 3. The van der Waals surface area contributed by atoms with Crippen LogP contribution in [0.4, 0.5) is 45.2 Å². The van der Waals surface area contributed by atoms with Crippen LogP contribution in [0.1, 0.15) is 42.0 Å². The van der Waals surface area contributed by atoms with Crippen LogP contribution in [0.15, 0.2) is 42.5 Å². The van der Waals surface area contributed by atoms with Crippen molar-refractivity contribution in [2.24, 2.45) is 0 Å². The highest BCUT2D eigenvalue weighted by Crippen LogP contribution is 2.41. The molecule has 0 radical (unpaired) electrons. The number of carbonyl (C=O) groups is 1. The Morgan fingerprint density at radius 1 is 0.886 bits per heavy atom. The van der Waals surface area contributed by atoms with Crippen molar-refractivity contribution < 1.29 is 49.4 Å². The van der Waals surface area contributed by atoms with Crippen LogP contribution in [-0.4, -0.2) is 23.7 Å². The summed E-state index contributed by atoms with van der Waals surface area (Å²) in [5, 5.41) is 14.7. The van der Waals surface area contributed by atoms with Gasteiger partial charge in [0.1, 0.15) is 0 Å². The smallest absolute Gasteiger partial charge is 0.381 e. The number of alkyl halides is 9. The maximum atomic E-state index is 13.7. The van der Waals surface area contributed by atoms with Crippen molar-refractivity contribution in [1.29, 1.82) is 0 Å². The molecule has 0 unspecified atom stereocenters. The quantitative estimate of drug-likeness (QED) is 0.377. The molecule has 194 valence electrons. The Bertz CT molecular complexity index is 1030. The summed E-state index contributed by atoms with van der Waals surface area (Å²) in [6.07, 6.45) is -14.8. The molecular weight excluding hydrogens is 495 g/mol. The van der Waals surface area contributed by atoms with Crippen LogP contribution in [0.2, 0.25) is 0 Å². The van der Waals surface area contributed by atoms with Crippen LogP contribution in [-0.2, 0) is 29.3 Å². The summed E-state index contributed by atoms with van der Waals surface area (Å²) >= 11 is 0. The van der Waals surface area contributed by atoms with E-state index in [-0.39, 0.29) is 18.1 Å². The van der Waals surface area contributed by atoms with E-state index in [1.54, 1.807) is 6.92 Å². The van der Waals surface area contributed by atoms with Crippen LogP contribution in [0.25, 0.3) is 0 Å². The predicted molar refractivity (Wildman–Crippen MR) is 108 cm³/mol. The number of carbonyl (C=O) groups excluding carboxylic acids is 1. The molecule has 0 saturated carbocycles. The minimum Gasteiger partial charge on any atom is -0.381 e. The summed E-state index contributed by atoms with van der Waals surface area (Å²) in [4.78, 5) is 11.6. The molecule has 0 bridgehead atoms. The first-order valence-electron chi connectivity index (χ1n) is 10.2. The number of anilines is 1. The normalized spacial score (nSPS) is 14.4. The van der Waals surface area contributed by atoms with Crippen molar-refractivity contribution in [3.8, 4) is 0 Å². The van der Waals surface area contributed by atoms with Crippen LogP contribution in [0, 0.1) is 0 Å². The first-order chi connectivity index (χ1) is 16.0. The summed E-state index contributed by atoms with van der Waals surface area (Å²) in [5.41, 5.74) is -8.49. The summed E-state index contributed by atoms with van der Waals surface area (Å²) < 4.78 is 120. The fraction of sp³-hybridized carbons (Fsp3) is 0.409. The highest BCUT2D eigenvalue weighted by Gasteiger charge is 2.55. The topological polar surface area (TPSA) is 61.4 Å². The largest absolute Gasteiger partial charge is 0.423 e. The monoisotopic (exact) mass is 516 g/mol. The van der Waals surface area contributed by atoms with Gasteiger partial charge < -0.3 is 15.7 Å². The molecule has 1 amide bonds. The molecule has 0 heterocycles. The molecule has 1 atom stereocenters. The Morgan fingerprint density at radius 2 is 1.51 bits per heavy atom. The molecule has 0 aliphatic heterocycles. The third-order valence-corrected chi connectivity index (χ3v) is 5.05. The van der Waals surface area contributed by atoms with E-state index >= 15 is 0 Å². The van der Waals surface area contributed by atoms with Gasteiger partial charge in [0.2, 0.25) is 11.5 Å². The van der Waals surface area contributed by atoms with Crippen molar-refractivity contribution in [2.45, 2.75) is 50.4 Å². The molecular formula is C22H21F9N2O2. The van der Waals surface area contributed by atoms with Crippen molar-refractivity contribution in [3.05, 3.63) is 64.7 Å². The molecule has 3 N–H and O–H groups in total. The second-order valence-corrected chi connectivity index (χ2v) is 7.69. The van der Waals surface area contributed by atoms with E-state index in [1.165, 1.54) is 0 Å². The predicted octanol–water partition coefficient (Wildman–Crippen LogP) is 6.00. The van der Waals surface area contributed by atoms with E-state index in [1.807, 2.05) is 5.32 Å². The van der Waals surface area contributed by atoms with Gasteiger partial charge in [-0.15, -0.1) is 0 Å². The molecule has 0 aliphatic rings. The summed E-state index contributed by atoms with van der Waals surface area (Å²) in [5.74, 6) is -0.487. The van der Waals surface area contributed by atoms with Gasteiger partial charge in [0.05, 0.1) is 17.7 Å². The lowest BCUT2D eigenvalue weighted by Gasteiger charge is -2.32. The molecule has 0 aromatic heterocycles. The van der Waals surface area contributed by atoms with Gasteiger partial charge >= 0.3 is 18.5 Å². The van der Waals surface area contributed by atoms with E-state index in [4.69, 9.17) is 0 Å². The zero-order valence-corrected chi connectivity index (χ0v) is 18.1. The molecule has 13 heteroatoms. The first kappa shape index (κ1) is 28.3. The second-order valence-electron chi connectivity index (χ2n) is 7.69. The zero-order valence-electron chi connectivity index (χ0n) is 18.1. The molecule has 4 nitrogen and oxygen atoms in total. The third-order valence-electron chi connectivity index (χ3n) is 5.05. The minimum atomic E-state index is -5.47. The van der Waals surface area contributed by atoms with Gasteiger partial charge in [-0.25, -0.2) is 0 Å². The van der Waals surface area contributed by atoms with Crippen LogP contribution in [0.5, 0.6) is 0 Å². The van der Waals surface area contributed by atoms with E-state index < -0.39 is 65.5 Å². The number of nitrogens with one attached hydrogen (secondary N) is 2. The minimum absolute atomic E-state index is 0.0898. The maximum Gasteiger partial charge on any atom is 0.423 e. The molecule has 2 aromatic carbocycles. The lowest BCUT2D eigenvalue weighted by molar-refractivity contribution is -0.260. The summed E-state index contributed by atoms with van der Waals surface area (Å²) in [6, 6.07) is 4.38. The Kier molecular flexibility index (Phi) is 8.36. The van der Waals surface area contributed by atoms with Gasteiger partial charge in [-0.1, -0.05) is 25.1 Å². The Hall–Kier alpha value is -2.96. The molecule has 0 aliphatic carbocycles. The first-order valence-corrected chi connectivity index (χ1v) is 10.2. The number of hydrogen-bond donors (Lipinski definition) is 3. The van der Waals surface area contributed by atoms with E-state index in [9.17, 15) is 49.4 Å². The van der Waals surface area contributed by atoms with Crippen molar-refractivity contribution >= 4 is 11.6 Å². The maximum absolute atomic E-state index is 13.7. The van der Waals surface area contributed by atoms with Gasteiger partial charge in [0.25, 0.3) is 0 Å². The van der Waals surface area contributed by atoms with Gasteiger partial charge in [0, 0.05) is 18.7 Å². The number of aliphatic hydroxyl groups is 1. The van der Waals surface area contributed by atoms with E-state index in [0.717, 1.165) is 12.1 Å². The number of amides is 1.